The summed E-state index contributed by atoms with van der Waals surface area (Å²) in [7, 11) is 0. The van der Waals surface area contributed by atoms with Crippen LogP contribution in [0.5, 0.6) is 11.5 Å². The van der Waals surface area contributed by atoms with Gasteiger partial charge in [0, 0.05) is 16.8 Å². The SMILES string of the molecule is Brc1c(C2Nc3ccccc3C(c3ccccc3)(c3ccccc3)O2)ccc2c1OCO2. The molecule has 1 N–H and O–H groups in total. The molecule has 0 saturated heterocycles. The Balaban J connectivity index is 1.59. The van der Waals surface area contributed by atoms with Crippen molar-refractivity contribution >= 4 is 21.6 Å². The summed E-state index contributed by atoms with van der Waals surface area (Å²) in [6.07, 6.45) is -0.422. The number of halogens is 1. The fraction of sp³-hybridized carbons (Fsp3) is 0.111. The lowest BCUT2D eigenvalue weighted by molar-refractivity contribution is -0.0436. The average Bonchev–Trinajstić information content (AvgIpc) is 3.35. The third-order valence-corrected chi connectivity index (χ3v) is 6.86. The van der Waals surface area contributed by atoms with Gasteiger partial charge in [0.1, 0.15) is 5.60 Å². The van der Waals surface area contributed by atoms with Gasteiger partial charge in [0.05, 0.1) is 4.47 Å². The van der Waals surface area contributed by atoms with Crippen LogP contribution < -0.4 is 14.8 Å². The van der Waals surface area contributed by atoms with E-state index in [1.54, 1.807) is 0 Å². The van der Waals surface area contributed by atoms with Gasteiger partial charge >= 0.3 is 0 Å². The molecule has 0 spiro atoms. The summed E-state index contributed by atoms with van der Waals surface area (Å²) < 4.78 is 19.1. The molecule has 2 aliphatic rings. The van der Waals surface area contributed by atoms with E-state index in [4.69, 9.17) is 14.2 Å². The molecule has 5 heteroatoms. The Morgan fingerprint density at radius 1 is 0.750 bits per heavy atom. The Kier molecular flexibility index (Phi) is 4.67. The quantitative estimate of drug-likeness (QED) is 0.354. The highest BCUT2D eigenvalue weighted by atomic mass is 79.9. The fourth-order valence-electron chi connectivity index (χ4n) is 4.58. The van der Waals surface area contributed by atoms with Gasteiger partial charge in [0.25, 0.3) is 0 Å². The van der Waals surface area contributed by atoms with Crippen molar-refractivity contribution in [2.45, 2.75) is 11.8 Å². The van der Waals surface area contributed by atoms with Gasteiger partial charge in [-0.25, -0.2) is 0 Å². The molecule has 4 aromatic carbocycles. The second-order valence-corrected chi connectivity index (χ2v) is 8.60. The van der Waals surface area contributed by atoms with Gasteiger partial charge in [-0.05, 0) is 45.3 Å². The normalized spacial score (nSPS) is 18.0. The van der Waals surface area contributed by atoms with Crippen molar-refractivity contribution in [2.24, 2.45) is 0 Å². The number of fused-ring (bicyclic) bond motifs is 2. The molecule has 0 radical (unpaired) electrons. The minimum atomic E-state index is -0.787. The molecule has 0 amide bonds. The fourth-order valence-corrected chi connectivity index (χ4v) is 5.23. The zero-order valence-corrected chi connectivity index (χ0v) is 18.7. The lowest BCUT2D eigenvalue weighted by Gasteiger charge is -2.44. The zero-order chi connectivity index (χ0) is 21.5. The zero-order valence-electron chi connectivity index (χ0n) is 17.1. The van der Waals surface area contributed by atoms with Gasteiger partial charge in [0.15, 0.2) is 17.7 Å². The first-order chi connectivity index (χ1) is 15.8. The number of rotatable bonds is 3. The first kappa shape index (κ1) is 19.4. The van der Waals surface area contributed by atoms with Gasteiger partial charge < -0.3 is 19.5 Å². The van der Waals surface area contributed by atoms with Crippen molar-refractivity contribution < 1.29 is 14.2 Å². The highest BCUT2D eigenvalue weighted by Gasteiger charge is 2.45. The molecule has 0 fully saturated rings. The van der Waals surface area contributed by atoms with E-state index in [9.17, 15) is 0 Å². The minimum Gasteiger partial charge on any atom is -0.454 e. The van der Waals surface area contributed by atoms with Crippen molar-refractivity contribution in [2.75, 3.05) is 12.1 Å². The van der Waals surface area contributed by atoms with Crippen molar-refractivity contribution in [3.8, 4) is 11.5 Å². The standard InChI is InChI=1S/C27H20BrNO3/c28-24-20(15-16-23-25(24)31-17-30-23)26-29-22-14-8-7-13-21(22)27(32-26,18-9-3-1-4-10-18)19-11-5-2-6-12-19/h1-16,26,29H,17H2. The smallest absolute Gasteiger partial charge is 0.231 e. The molecule has 4 aromatic rings. The molecule has 158 valence electrons. The van der Waals surface area contributed by atoms with E-state index < -0.39 is 11.8 Å². The maximum Gasteiger partial charge on any atom is 0.231 e. The lowest BCUT2D eigenvalue weighted by atomic mass is 9.78. The number of hydrogen-bond donors (Lipinski definition) is 1. The topological polar surface area (TPSA) is 39.7 Å². The van der Waals surface area contributed by atoms with E-state index in [0.717, 1.165) is 38.2 Å². The molecule has 2 heterocycles. The molecule has 32 heavy (non-hydrogen) atoms. The molecular weight excluding hydrogens is 466 g/mol. The summed E-state index contributed by atoms with van der Waals surface area (Å²) in [5.74, 6) is 1.44. The molecule has 2 aliphatic heterocycles. The molecule has 0 saturated carbocycles. The average molecular weight is 486 g/mol. The molecule has 4 nitrogen and oxygen atoms in total. The summed E-state index contributed by atoms with van der Waals surface area (Å²) in [6, 6.07) is 33.1. The van der Waals surface area contributed by atoms with E-state index in [0.29, 0.717) is 5.75 Å². The van der Waals surface area contributed by atoms with Crippen LogP contribution in [-0.2, 0) is 10.3 Å². The van der Waals surface area contributed by atoms with E-state index >= 15 is 0 Å². The van der Waals surface area contributed by atoms with E-state index in [1.165, 1.54) is 0 Å². The van der Waals surface area contributed by atoms with E-state index in [-0.39, 0.29) is 6.79 Å². The summed E-state index contributed by atoms with van der Waals surface area (Å²) >= 11 is 3.73. The van der Waals surface area contributed by atoms with Gasteiger partial charge in [-0.2, -0.15) is 0 Å². The summed E-state index contributed by atoms with van der Waals surface area (Å²) in [5.41, 5.74) is 4.40. The largest absolute Gasteiger partial charge is 0.454 e. The van der Waals surface area contributed by atoms with Crippen LogP contribution in [0.4, 0.5) is 5.69 Å². The number of nitrogens with one attached hydrogen (secondary N) is 1. The van der Waals surface area contributed by atoms with Crippen LogP contribution >= 0.6 is 15.9 Å². The number of anilines is 1. The van der Waals surface area contributed by atoms with E-state index in [2.05, 4.69) is 88.0 Å². The molecule has 0 aliphatic carbocycles. The van der Waals surface area contributed by atoms with Crippen LogP contribution in [0.3, 0.4) is 0 Å². The molecule has 1 atom stereocenters. The van der Waals surface area contributed by atoms with Crippen molar-refractivity contribution in [3.63, 3.8) is 0 Å². The molecule has 0 aromatic heterocycles. The van der Waals surface area contributed by atoms with Crippen molar-refractivity contribution in [1.82, 2.24) is 0 Å². The van der Waals surface area contributed by atoms with Crippen LogP contribution in [0.2, 0.25) is 0 Å². The number of para-hydroxylation sites is 1. The van der Waals surface area contributed by atoms with Crippen LogP contribution in [0.1, 0.15) is 28.5 Å². The van der Waals surface area contributed by atoms with Crippen LogP contribution in [0, 0.1) is 0 Å². The predicted octanol–water partition coefficient (Wildman–Crippen LogP) is 6.61. The summed E-state index contributed by atoms with van der Waals surface area (Å²) in [4.78, 5) is 0. The molecule has 6 rings (SSSR count). The Bertz CT molecular complexity index is 1240. The van der Waals surface area contributed by atoms with Crippen molar-refractivity contribution in [3.05, 3.63) is 124 Å². The number of hydrogen-bond acceptors (Lipinski definition) is 4. The number of benzene rings is 4. The third-order valence-electron chi connectivity index (χ3n) is 6.04. The van der Waals surface area contributed by atoms with E-state index in [1.807, 2.05) is 30.3 Å². The first-order valence-corrected chi connectivity index (χ1v) is 11.3. The summed E-state index contributed by atoms with van der Waals surface area (Å²) in [5, 5.41) is 3.59. The van der Waals surface area contributed by atoms with Gasteiger partial charge in [0.2, 0.25) is 6.79 Å². The predicted molar refractivity (Wildman–Crippen MR) is 127 cm³/mol. The third kappa shape index (κ3) is 2.93. The van der Waals surface area contributed by atoms with Crippen LogP contribution in [0.25, 0.3) is 0 Å². The maximum atomic E-state index is 7.06. The Morgan fingerprint density at radius 3 is 2.12 bits per heavy atom. The lowest BCUT2D eigenvalue weighted by Crippen LogP contribution is -2.40. The molecule has 1 unspecified atom stereocenters. The van der Waals surface area contributed by atoms with Crippen LogP contribution in [-0.4, -0.2) is 6.79 Å². The number of ether oxygens (including phenoxy) is 3. The van der Waals surface area contributed by atoms with Gasteiger partial charge in [-0.3, -0.25) is 0 Å². The van der Waals surface area contributed by atoms with Crippen molar-refractivity contribution in [1.29, 1.82) is 0 Å². The second-order valence-electron chi connectivity index (χ2n) is 7.80. The maximum absolute atomic E-state index is 7.06. The highest BCUT2D eigenvalue weighted by Crippen LogP contribution is 2.52. The Labute approximate surface area is 194 Å². The molecule has 0 bridgehead atoms. The summed E-state index contributed by atoms with van der Waals surface area (Å²) in [6.45, 7) is 0.219. The Morgan fingerprint density at radius 2 is 1.41 bits per heavy atom. The Hall–Kier alpha value is -3.28. The minimum absolute atomic E-state index is 0.219. The van der Waals surface area contributed by atoms with Crippen LogP contribution in [0.15, 0.2) is 102 Å². The van der Waals surface area contributed by atoms with Gasteiger partial charge in [-0.15, -0.1) is 0 Å². The second kappa shape index (κ2) is 7.69. The highest BCUT2D eigenvalue weighted by molar-refractivity contribution is 9.10. The first-order valence-electron chi connectivity index (χ1n) is 10.5. The monoisotopic (exact) mass is 485 g/mol. The van der Waals surface area contributed by atoms with Gasteiger partial charge in [-0.1, -0.05) is 78.9 Å². The molecular formula is C27H20BrNO3.